The van der Waals surface area contributed by atoms with Crippen molar-refractivity contribution in [2.45, 2.75) is 56.3 Å². The van der Waals surface area contributed by atoms with E-state index in [4.69, 9.17) is 14.2 Å². The Morgan fingerprint density at radius 3 is 1.93 bits per heavy atom. The van der Waals surface area contributed by atoms with E-state index in [0.29, 0.717) is 0 Å². The second-order valence-corrected chi connectivity index (χ2v) is 12.4. The molecule has 3 rings (SSSR count). The Hall–Kier alpha value is -6.30. The van der Waals surface area contributed by atoms with Crippen molar-refractivity contribution >= 4 is 47.6 Å². The summed E-state index contributed by atoms with van der Waals surface area (Å²) in [6.07, 6.45) is -0.614. The highest BCUT2D eigenvalue weighted by atomic mass is 16.6. The average molecular weight is 782 g/mol. The molecule has 2 aromatic rings. The van der Waals surface area contributed by atoms with Crippen LogP contribution >= 0.6 is 0 Å². The molecule has 0 heterocycles. The summed E-state index contributed by atoms with van der Waals surface area (Å²) in [5.41, 5.74) is 4.08. The third-order valence-electron chi connectivity index (χ3n) is 8.52. The minimum atomic E-state index is -1.54. The summed E-state index contributed by atoms with van der Waals surface area (Å²) in [4.78, 5) is 101. The van der Waals surface area contributed by atoms with Crippen LogP contribution in [0.1, 0.15) is 43.2 Å². The molecular formula is C38H47N5O13. The molecule has 5 amide bonds. The third kappa shape index (κ3) is 12.9. The summed E-state index contributed by atoms with van der Waals surface area (Å²) in [6, 6.07) is 10.1. The fraction of sp³-hybridized carbons (Fsp3) is 0.421. The number of rotatable bonds is 21. The standard InChI is InChI=1S/C38H47N5O13/c1-6-17-55-37(50)28(15-16-32(45)53-4)42-36(49)30(21-52-3)41-31(44)19-39-35(48)29(18-33(46)54-5)43-34(47)22(2)40-38(51)56-20-27-25-13-9-7-11-23(25)24-12-8-10-14-26(24)27/h6-14,22,27-30H,1,15-21H2,2-5H3,(H,39,48)(H,40,51)(H,41,44)(H,42,49)(H,43,47). The van der Waals surface area contributed by atoms with Gasteiger partial charge in [0.05, 0.1) is 33.8 Å². The number of alkyl carbamates (subject to hydrolysis) is 1. The zero-order valence-corrected chi connectivity index (χ0v) is 31.5. The second-order valence-electron chi connectivity index (χ2n) is 12.4. The number of nitrogens with one attached hydrogen (secondary N) is 5. The van der Waals surface area contributed by atoms with Gasteiger partial charge in [-0.1, -0.05) is 61.2 Å². The quantitative estimate of drug-likeness (QED) is 0.0655. The van der Waals surface area contributed by atoms with E-state index in [1.54, 1.807) is 0 Å². The van der Waals surface area contributed by atoms with Crippen LogP contribution in [-0.2, 0) is 57.2 Å². The van der Waals surface area contributed by atoms with Crippen LogP contribution in [0, 0.1) is 0 Å². The van der Waals surface area contributed by atoms with Crippen LogP contribution < -0.4 is 26.6 Å². The van der Waals surface area contributed by atoms with Gasteiger partial charge < -0.3 is 50.3 Å². The lowest BCUT2D eigenvalue weighted by Crippen LogP contribution is -2.56. The summed E-state index contributed by atoms with van der Waals surface area (Å²) in [5, 5.41) is 11.8. The minimum Gasteiger partial charge on any atom is -0.469 e. The predicted molar refractivity (Wildman–Crippen MR) is 197 cm³/mol. The first-order valence-corrected chi connectivity index (χ1v) is 17.5. The van der Waals surface area contributed by atoms with Crippen LogP contribution in [0.5, 0.6) is 0 Å². The van der Waals surface area contributed by atoms with E-state index in [2.05, 4.69) is 42.6 Å². The number of esters is 3. The zero-order chi connectivity index (χ0) is 41.2. The number of methoxy groups -OCH3 is 3. The normalized spacial score (nSPS) is 13.5. The summed E-state index contributed by atoms with van der Waals surface area (Å²) in [5.74, 6) is -6.15. The van der Waals surface area contributed by atoms with Crippen molar-refractivity contribution in [2.75, 3.05) is 47.7 Å². The second kappa shape index (κ2) is 22.2. The fourth-order valence-electron chi connectivity index (χ4n) is 5.65. The molecule has 1 aliphatic carbocycles. The van der Waals surface area contributed by atoms with Gasteiger partial charge in [0.15, 0.2) is 0 Å². The lowest BCUT2D eigenvalue weighted by Gasteiger charge is -2.23. The highest BCUT2D eigenvalue weighted by Gasteiger charge is 2.32. The zero-order valence-electron chi connectivity index (χ0n) is 31.5. The van der Waals surface area contributed by atoms with Gasteiger partial charge in [0.2, 0.25) is 23.6 Å². The van der Waals surface area contributed by atoms with Gasteiger partial charge in [-0.3, -0.25) is 28.8 Å². The topological polar surface area (TPSA) is 243 Å². The fourth-order valence-corrected chi connectivity index (χ4v) is 5.65. The number of carbonyl (C=O) groups is 8. The van der Waals surface area contributed by atoms with Gasteiger partial charge in [-0.15, -0.1) is 0 Å². The van der Waals surface area contributed by atoms with E-state index in [-0.39, 0.29) is 38.6 Å². The number of fused-ring (bicyclic) bond motifs is 3. The Labute approximate surface area is 323 Å². The van der Waals surface area contributed by atoms with E-state index < -0.39 is 84.8 Å². The number of amides is 5. The van der Waals surface area contributed by atoms with Gasteiger partial charge in [0, 0.05) is 19.4 Å². The van der Waals surface area contributed by atoms with E-state index in [0.717, 1.165) is 36.5 Å². The van der Waals surface area contributed by atoms with Crippen molar-refractivity contribution < 1.29 is 62.0 Å². The molecule has 0 radical (unpaired) electrons. The molecule has 4 unspecified atom stereocenters. The molecule has 18 nitrogen and oxygen atoms in total. The Kier molecular flexibility index (Phi) is 17.5. The molecule has 2 aromatic carbocycles. The molecule has 5 N–H and O–H groups in total. The van der Waals surface area contributed by atoms with Crippen molar-refractivity contribution in [3.8, 4) is 11.1 Å². The molecule has 0 saturated carbocycles. The van der Waals surface area contributed by atoms with Crippen molar-refractivity contribution in [1.29, 1.82) is 0 Å². The van der Waals surface area contributed by atoms with Gasteiger partial charge in [-0.2, -0.15) is 0 Å². The Bertz CT molecular complexity index is 1720. The average Bonchev–Trinajstić information content (AvgIpc) is 3.52. The van der Waals surface area contributed by atoms with Gasteiger partial charge >= 0.3 is 24.0 Å². The highest BCUT2D eigenvalue weighted by Crippen LogP contribution is 2.44. The van der Waals surface area contributed by atoms with Crippen molar-refractivity contribution in [3.63, 3.8) is 0 Å². The lowest BCUT2D eigenvalue weighted by atomic mass is 9.98. The third-order valence-corrected chi connectivity index (χ3v) is 8.52. The predicted octanol–water partition coefficient (Wildman–Crippen LogP) is 0.376. The van der Waals surface area contributed by atoms with Crippen molar-refractivity contribution in [1.82, 2.24) is 26.6 Å². The molecule has 302 valence electrons. The molecule has 0 saturated heterocycles. The molecule has 0 spiro atoms. The van der Waals surface area contributed by atoms with Gasteiger partial charge in [0.1, 0.15) is 37.4 Å². The highest BCUT2D eigenvalue weighted by molar-refractivity contribution is 5.96. The number of hydrogen-bond acceptors (Lipinski definition) is 13. The van der Waals surface area contributed by atoms with E-state index >= 15 is 0 Å². The maximum Gasteiger partial charge on any atom is 0.407 e. The first kappa shape index (κ1) is 44.1. The minimum absolute atomic E-state index is 0.00518. The van der Waals surface area contributed by atoms with Crippen LogP contribution in [0.3, 0.4) is 0 Å². The number of hydrogen-bond donors (Lipinski definition) is 5. The molecule has 4 atom stereocenters. The monoisotopic (exact) mass is 781 g/mol. The molecular weight excluding hydrogens is 734 g/mol. The van der Waals surface area contributed by atoms with Gasteiger partial charge in [-0.05, 0) is 35.6 Å². The van der Waals surface area contributed by atoms with Crippen molar-refractivity contribution in [2.24, 2.45) is 0 Å². The largest absolute Gasteiger partial charge is 0.469 e. The van der Waals surface area contributed by atoms with Crippen LogP contribution in [0.25, 0.3) is 11.1 Å². The molecule has 0 fully saturated rings. The summed E-state index contributed by atoms with van der Waals surface area (Å²) < 4.78 is 24.7. The molecule has 0 aliphatic heterocycles. The molecule has 0 bridgehead atoms. The van der Waals surface area contributed by atoms with Crippen LogP contribution in [0.2, 0.25) is 0 Å². The van der Waals surface area contributed by atoms with Gasteiger partial charge in [-0.25, -0.2) is 9.59 Å². The number of ether oxygens (including phenoxy) is 5. The summed E-state index contributed by atoms with van der Waals surface area (Å²) in [7, 11) is 3.49. The van der Waals surface area contributed by atoms with E-state index in [1.807, 2.05) is 48.5 Å². The number of carbonyl (C=O) groups excluding carboxylic acids is 8. The van der Waals surface area contributed by atoms with E-state index in [1.165, 1.54) is 20.1 Å². The first-order chi connectivity index (χ1) is 26.8. The SMILES string of the molecule is C=CCOC(=O)C(CCC(=O)OC)NC(=O)C(COC)NC(=O)CNC(=O)C(CC(=O)OC)NC(=O)C(C)NC(=O)OCC1c2ccccc2-c2ccccc21. The molecule has 0 aromatic heterocycles. The maximum absolute atomic E-state index is 13.1. The summed E-state index contributed by atoms with van der Waals surface area (Å²) in [6.45, 7) is 3.55. The number of benzene rings is 2. The Morgan fingerprint density at radius 2 is 1.34 bits per heavy atom. The molecule has 18 heteroatoms. The summed E-state index contributed by atoms with van der Waals surface area (Å²) >= 11 is 0. The Balaban J connectivity index is 1.56. The van der Waals surface area contributed by atoms with E-state index in [9.17, 15) is 38.4 Å². The van der Waals surface area contributed by atoms with Crippen LogP contribution in [-0.4, -0.2) is 119 Å². The van der Waals surface area contributed by atoms with Crippen LogP contribution in [0.15, 0.2) is 61.2 Å². The lowest BCUT2D eigenvalue weighted by molar-refractivity contribution is -0.148. The van der Waals surface area contributed by atoms with Crippen LogP contribution in [0.4, 0.5) is 4.79 Å². The first-order valence-electron chi connectivity index (χ1n) is 17.5. The van der Waals surface area contributed by atoms with Gasteiger partial charge in [0.25, 0.3) is 0 Å². The molecule has 1 aliphatic rings. The molecule has 56 heavy (non-hydrogen) atoms. The maximum atomic E-state index is 13.1. The Morgan fingerprint density at radius 1 is 0.732 bits per heavy atom. The van der Waals surface area contributed by atoms with Crippen molar-refractivity contribution in [3.05, 3.63) is 72.3 Å². The smallest absolute Gasteiger partial charge is 0.407 e.